The first kappa shape index (κ1) is 19.8. The van der Waals surface area contributed by atoms with Gasteiger partial charge in [-0.15, -0.1) is 0 Å². The second-order valence-corrected chi connectivity index (χ2v) is 6.84. The maximum atomic E-state index is 10.8. The molecule has 1 atom stereocenters. The number of carbonyl (C=O) groups is 1. The number of carbonyl (C=O) groups excluding carboxylic acids is 1. The Bertz CT molecular complexity index is 1070. The number of hydrogen-bond donors (Lipinski definition) is 2. The average molecular weight is 396 g/mol. The number of aromatic amines is 1. The Labute approximate surface area is 168 Å². The topological polar surface area (TPSA) is 75.6 Å². The Morgan fingerprint density at radius 1 is 1.25 bits per heavy atom. The molecule has 1 aromatic carbocycles. The van der Waals surface area contributed by atoms with Crippen LogP contribution in [0.1, 0.15) is 29.0 Å². The van der Waals surface area contributed by atoms with Gasteiger partial charge >= 0.3 is 0 Å². The lowest BCUT2D eigenvalue weighted by Gasteiger charge is -2.09. The summed E-state index contributed by atoms with van der Waals surface area (Å²) in [6.45, 7) is 2.10. The first-order valence-electron chi connectivity index (χ1n) is 8.87. The molecule has 3 aromatic heterocycles. The van der Waals surface area contributed by atoms with Gasteiger partial charge in [-0.25, -0.2) is 4.98 Å². The van der Waals surface area contributed by atoms with Crippen molar-refractivity contribution < 1.29 is 4.79 Å². The Balaban J connectivity index is 0.000000178. The van der Waals surface area contributed by atoms with Crippen LogP contribution in [0.4, 0.5) is 0 Å². The van der Waals surface area contributed by atoms with Gasteiger partial charge in [0.15, 0.2) is 6.29 Å². The van der Waals surface area contributed by atoms with Crippen LogP contribution in [-0.2, 0) is 7.05 Å². The normalized spacial score (nSPS) is 11.7. The van der Waals surface area contributed by atoms with Gasteiger partial charge < -0.3 is 9.88 Å². The number of hydrogen-bond acceptors (Lipinski definition) is 4. The Kier molecular flexibility index (Phi) is 6.23. The molecule has 144 valence electrons. The predicted molar refractivity (Wildman–Crippen MR) is 113 cm³/mol. The van der Waals surface area contributed by atoms with Gasteiger partial charge in [0.2, 0.25) is 0 Å². The summed E-state index contributed by atoms with van der Waals surface area (Å²) in [5, 5.41) is 11.6. The summed E-state index contributed by atoms with van der Waals surface area (Å²) in [7, 11) is 3.77. The van der Waals surface area contributed by atoms with E-state index < -0.39 is 0 Å². The smallest absolute Gasteiger partial charge is 0.166 e. The van der Waals surface area contributed by atoms with Gasteiger partial charge in [0, 0.05) is 35.3 Å². The number of benzene rings is 1. The molecular weight excluding hydrogens is 374 g/mol. The summed E-state index contributed by atoms with van der Waals surface area (Å²) in [6, 6.07) is 14.0. The van der Waals surface area contributed by atoms with E-state index in [0.29, 0.717) is 11.7 Å². The quantitative estimate of drug-likeness (QED) is 0.502. The van der Waals surface area contributed by atoms with Crippen LogP contribution in [-0.4, -0.2) is 33.1 Å². The number of nitrogens with one attached hydrogen (secondary N) is 2. The fourth-order valence-corrected chi connectivity index (χ4v) is 3.03. The zero-order valence-electron chi connectivity index (χ0n) is 16.0. The minimum Gasteiger partial charge on any atom is -0.326 e. The molecule has 7 heteroatoms. The van der Waals surface area contributed by atoms with Crippen molar-refractivity contribution in [1.29, 1.82) is 0 Å². The van der Waals surface area contributed by atoms with E-state index in [1.807, 2.05) is 50.5 Å². The third-order valence-electron chi connectivity index (χ3n) is 4.61. The van der Waals surface area contributed by atoms with Crippen LogP contribution in [0.5, 0.6) is 0 Å². The fourth-order valence-electron chi connectivity index (χ4n) is 2.83. The summed E-state index contributed by atoms with van der Waals surface area (Å²) in [5.74, 6) is 0. The molecule has 4 rings (SSSR count). The van der Waals surface area contributed by atoms with E-state index in [0.717, 1.165) is 33.6 Å². The minimum absolute atomic E-state index is 0.369. The summed E-state index contributed by atoms with van der Waals surface area (Å²) in [6.07, 6.45) is 4.34. The van der Waals surface area contributed by atoms with Crippen LogP contribution in [0.3, 0.4) is 0 Å². The second-order valence-electron chi connectivity index (χ2n) is 6.41. The molecule has 6 nitrogen and oxygen atoms in total. The maximum Gasteiger partial charge on any atom is 0.166 e. The van der Waals surface area contributed by atoms with E-state index >= 15 is 0 Å². The Morgan fingerprint density at radius 2 is 2.07 bits per heavy atom. The van der Waals surface area contributed by atoms with Gasteiger partial charge in [-0.2, -0.15) is 5.10 Å². The number of nitrogens with zero attached hydrogens (tertiary/aromatic N) is 3. The molecule has 2 N–H and O–H groups in total. The molecule has 0 spiro atoms. The molecule has 0 aliphatic carbocycles. The van der Waals surface area contributed by atoms with Gasteiger partial charge in [0.1, 0.15) is 5.65 Å². The van der Waals surface area contributed by atoms with Crippen LogP contribution < -0.4 is 5.32 Å². The third-order valence-corrected chi connectivity index (χ3v) is 4.85. The highest BCUT2D eigenvalue weighted by Gasteiger charge is 2.08. The van der Waals surface area contributed by atoms with Crippen molar-refractivity contribution in [2.75, 3.05) is 7.05 Å². The predicted octanol–water partition coefficient (Wildman–Crippen LogP) is 4.40. The monoisotopic (exact) mass is 395 g/mol. The van der Waals surface area contributed by atoms with Crippen LogP contribution in [0, 0.1) is 0 Å². The summed E-state index contributed by atoms with van der Waals surface area (Å²) >= 11 is 5.82. The molecule has 3 heterocycles. The highest BCUT2D eigenvalue weighted by Crippen LogP contribution is 2.21. The van der Waals surface area contributed by atoms with Crippen molar-refractivity contribution in [3.63, 3.8) is 0 Å². The molecule has 0 bridgehead atoms. The highest BCUT2D eigenvalue weighted by molar-refractivity contribution is 6.30. The molecule has 4 aromatic rings. The lowest BCUT2D eigenvalue weighted by atomic mass is 10.1. The lowest BCUT2D eigenvalue weighted by Crippen LogP contribution is -2.11. The SMILES string of the molecule is CNC(C)c1cccc(Cl)c1.Cn1c(C=O)cc2ccc(-c3cn[nH]c3)nc21. The summed E-state index contributed by atoms with van der Waals surface area (Å²) in [5.41, 5.74) is 4.41. The first-order valence-corrected chi connectivity index (χ1v) is 9.24. The molecule has 28 heavy (non-hydrogen) atoms. The van der Waals surface area contributed by atoms with E-state index in [4.69, 9.17) is 11.6 Å². The van der Waals surface area contributed by atoms with E-state index in [1.54, 1.807) is 17.0 Å². The number of halogens is 1. The number of H-pyrrole nitrogens is 1. The second kappa shape index (κ2) is 8.82. The Morgan fingerprint density at radius 3 is 2.71 bits per heavy atom. The van der Waals surface area contributed by atoms with Crippen molar-refractivity contribution in [2.45, 2.75) is 13.0 Å². The zero-order chi connectivity index (χ0) is 20.1. The van der Waals surface area contributed by atoms with Crippen LogP contribution in [0.2, 0.25) is 5.02 Å². The zero-order valence-corrected chi connectivity index (χ0v) is 16.7. The van der Waals surface area contributed by atoms with E-state index in [9.17, 15) is 4.79 Å². The van der Waals surface area contributed by atoms with Gasteiger partial charge in [-0.05, 0) is 49.9 Å². The summed E-state index contributed by atoms with van der Waals surface area (Å²) in [4.78, 5) is 15.4. The molecule has 0 aliphatic rings. The number of rotatable bonds is 4. The van der Waals surface area contributed by atoms with Crippen LogP contribution >= 0.6 is 11.6 Å². The van der Waals surface area contributed by atoms with Gasteiger partial charge in [0.05, 0.1) is 17.6 Å². The van der Waals surface area contributed by atoms with Gasteiger partial charge in [-0.1, -0.05) is 23.7 Å². The van der Waals surface area contributed by atoms with E-state index in [2.05, 4.69) is 33.5 Å². The number of aldehydes is 1. The number of fused-ring (bicyclic) bond motifs is 1. The van der Waals surface area contributed by atoms with E-state index in [1.165, 1.54) is 5.56 Å². The molecule has 0 fully saturated rings. The average Bonchev–Trinajstić information content (AvgIpc) is 3.36. The van der Waals surface area contributed by atoms with Crippen molar-refractivity contribution in [2.24, 2.45) is 7.05 Å². The van der Waals surface area contributed by atoms with Gasteiger partial charge in [0.25, 0.3) is 0 Å². The molecule has 0 radical (unpaired) electrons. The number of aromatic nitrogens is 4. The van der Waals surface area contributed by atoms with Crippen molar-refractivity contribution in [1.82, 2.24) is 25.1 Å². The molecule has 0 saturated heterocycles. The Hall–Kier alpha value is -2.96. The largest absolute Gasteiger partial charge is 0.326 e. The number of pyridine rings is 1. The van der Waals surface area contributed by atoms with E-state index in [-0.39, 0.29) is 0 Å². The molecule has 1 unspecified atom stereocenters. The first-order chi connectivity index (χ1) is 13.5. The van der Waals surface area contributed by atoms with Crippen LogP contribution in [0.25, 0.3) is 22.3 Å². The molecular formula is C21H22ClN5O. The minimum atomic E-state index is 0.369. The summed E-state index contributed by atoms with van der Waals surface area (Å²) < 4.78 is 1.78. The van der Waals surface area contributed by atoms with Gasteiger partial charge in [-0.3, -0.25) is 9.89 Å². The molecule has 0 saturated carbocycles. The molecule has 0 amide bonds. The maximum absolute atomic E-state index is 10.8. The third kappa shape index (κ3) is 4.30. The van der Waals surface area contributed by atoms with Crippen molar-refractivity contribution >= 4 is 28.9 Å². The van der Waals surface area contributed by atoms with Crippen LogP contribution in [0.15, 0.2) is 54.9 Å². The lowest BCUT2D eigenvalue weighted by molar-refractivity contribution is 0.111. The molecule has 0 aliphatic heterocycles. The number of aryl methyl sites for hydroxylation is 1. The standard InChI is InChI=1S/C12H10N4O.C9H12ClN/c1-16-10(7-17)4-8-2-3-11(15-12(8)16)9-5-13-14-6-9;1-7(11-2)8-4-3-5-9(10)6-8/h2-7H,1H3,(H,13,14);3-7,11H,1-2H3. The van der Waals surface area contributed by atoms with Crippen molar-refractivity contribution in [3.8, 4) is 11.3 Å². The fraction of sp³-hybridized carbons (Fsp3) is 0.190. The van der Waals surface area contributed by atoms with Crippen molar-refractivity contribution in [3.05, 3.63) is 71.1 Å². The highest BCUT2D eigenvalue weighted by atomic mass is 35.5.